The van der Waals surface area contributed by atoms with Crippen molar-refractivity contribution in [1.82, 2.24) is 0 Å². The molecule has 0 aliphatic heterocycles. The van der Waals surface area contributed by atoms with Gasteiger partial charge in [0.1, 0.15) is 7.11 Å². The summed E-state index contributed by atoms with van der Waals surface area (Å²) in [5.74, 6) is 0.0488. The van der Waals surface area contributed by atoms with Crippen LogP contribution in [-0.2, 0) is 4.84 Å². The van der Waals surface area contributed by atoms with E-state index in [0.717, 1.165) is 5.56 Å². The summed E-state index contributed by atoms with van der Waals surface area (Å²) in [6.07, 6.45) is 1.56. The quantitative estimate of drug-likeness (QED) is 0.401. The van der Waals surface area contributed by atoms with Crippen LogP contribution in [0.4, 0.5) is 0 Å². The van der Waals surface area contributed by atoms with Gasteiger partial charge in [0.15, 0.2) is 5.78 Å². The van der Waals surface area contributed by atoms with E-state index in [9.17, 15) is 4.79 Å². The first-order valence-corrected chi connectivity index (χ1v) is 3.91. The molecule has 1 aromatic rings. The van der Waals surface area contributed by atoms with Crippen molar-refractivity contribution >= 4 is 12.0 Å². The Kier molecular flexibility index (Phi) is 3.20. The first-order valence-electron chi connectivity index (χ1n) is 3.91. The van der Waals surface area contributed by atoms with Crippen LogP contribution in [0.2, 0.25) is 0 Å². The highest BCUT2D eigenvalue weighted by molar-refractivity contribution is 5.95. The molecule has 68 valence electrons. The Balaban J connectivity index is 2.92. The van der Waals surface area contributed by atoms with Gasteiger partial charge in [-0.05, 0) is 18.6 Å². The zero-order valence-electron chi connectivity index (χ0n) is 7.65. The molecule has 13 heavy (non-hydrogen) atoms. The van der Waals surface area contributed by atoms with Crippen molar-refractivity contribution in [3.8, 4) is 0 Å². The number of hydrogen-bond donors (Lipinski definition) is 0. The van der Waals surface area contributed by atoms with Gasteiger partial charge in [-0.3, -0.25) is 4.79 Å². The first kappa shape index (κ1) is 9.45. The lowest BCUT2D eigenvalue weighted by atomic mass is 10.1. The molecule has 0 fully saturated rings. The van der Waals surface area contributed by atoms with E-state index in [-0.39, 0.29) is 5.78 Å². The third-order valence-electron chi connectivity index (χ3n) is 1.60. The molecule has 0 N–H and O–H groups in total. The molecule has 3 heteroatoms. The van der Waals surface area contributed by atoms with Crippen LogP contribution in [0.5, 0.6) is 0 Å². The van der Waals surface area contributed by atoms with E-state index in [0.29, 0.717) is 5.56 Å². The summed E-state index contributed by atoms with van der Waals surface area (Å²) in [4.78, 5) is 15.5. The lowest BCUT2D eigenvalue weighted by Gasteiger charge is -1.96. The predicted octanol–water partition coefficient (Wildman–Crippen LogP) is 1.87. The zero-order chi connectivity index (χ0) is 9.68. The van der Waals surface area contributed by atoms with Crippen molar-refractivity contribution in [3.05, 3.63) is 35.4 Å². The zero-order valence-corrected chi connectivity index (χ0v) is 7.65. The van der Waals surface area contributed by atoms with Crippen LogP contribution < -0.4 is 0 Å². The highest BCUT2D eigenvalue weighted by Crippen LogP contribution is 2.03. The summed E-state index contributed by atoms with van der Waals surface area (Å²) < 4.78 is 0. The summed E-state index contributed by atoms with van der Waals surface area (Å²) in [5, 5.41) is 3.61. The molecule has 0 heterocycles. The van der Waals surface area contributed by atoms with E-state index >= 15 is 0 Å². The molecule has 0 spiro atoms. The first-order chi connectivity index (χ1) is 6.24. The molecule has 0 aliphatic carbocycles. The molecule has 0 unspecified atom stereocenters. The molecule has 1 aromatic carbocycles. The highest BCUT2D eigenvalue weighted by atomic mass is 16.6. The van der Waals surface area contributed by atoms with E-state index in [4.69, 9.17) is 0 Å². The number of Topliss-reactive ketones (excluding diaryl/α,β-unsaturated/α-hetero) is 1. The fourth-order valence-electron chi connectivity index (χ4n) is 0.952. The van der Waals surface area contributed by atoms with Crippen LogP contribution in [0.1, 0.15) is 22.8 Å². The predicted molar refractivity (Wildman–Crippen MR) is 51.0 cm³/mol. The molecule has 0 aliphatic rings. The van der Waals surface area contributed by atoms with Crippen LogP contribution in [0.3, 0.4) is 0 Å². The van der Waals surface area contributed by atoms with E-state index in [1.165, 1.54) is 14.0 Å². The molecule has 0 aromatic heterocycles. The average Bonchev–Trinajstić information content (AvgIpc) is 2.15. The number of hydrogen-bond acceptors (Lipinski definition) is 3. The Morgan fingerprint density at radius 3 is 2.92 bits per heavy atom. The average molecular weight is 177 g/mol. The standard InChI is InChI=1S/C10H11NO2/c1-8(12)10-5-3-4-9(6-10)7-11-13-2/h3-7H,1-2H3. The van der Waals surface area contributed by atoms with Gasteiger partial charge in [-0.2, -0.15) is 0 Å². The van der Waals surface area contributed by atoms with Crippen molar-refractivity contribution in [2.24, 2.45) is 5.16 Å². The number of oxime groups is 1. The third-order valence-corrected chi connectivity index (χ3v) is 1.60. The highest BCUT2D eigenvalue weighted by Gasteiger charge is 1.98. The number of benzene rings is 1. The van der Waals surface area contributed by atoms with Gasteiger partial charge in [-0.1, -0.05) is 23.4 Å². The van der Waals surface area contributed by atoms with Crippen molar-refractivity contribution < 1.29 is 9.63 Å². The van der Waals surface area contributed by atoms with Crippen LogP contribution >= 0.6 is 0 Å². The van der Waals surface area contributed by atoms with Gasteiger partial charge >= 0.3 is 0 Å². The third kappa shape index (κ3) is 2.71. The van der Waals surface area contributed by atoms with Crippen molar-refractivity contribution in [1.29, 1.82) is 0 Å². The second-order valence-corrected chi connectivity index (χ2v) is 2.60. The summed E-state index contributed by atoms with van der Waals surface area (Å²) >= 11 is 0. The van der Waals surface area contributed by atoms with Crippen molar-refractivity contribution in [3.63, 3.8) is 0 Å². The molecular formula is C10H11NO2. The number of ketones is 1. The molecule has 0 radical (unpaired) electrons. The fourth-order valence-corrected chi connectivity index (χ4v) is 0.952. The largest absolute Gasteiger partial charge is 0.399 e. The topological polar surface area (TPSA) is 38.7 Å². The Hall–Kier alpha value is -1.64. The lowest BCUT2D eigenvalue weighted by Crippen LogP contribution is -1.93. The maximum Gasteiger partial charge on any atom is 0.159 e. The van der Waals surface area contributed by atoms with Crippen molar-refractivity contribution in [2.45, 2.75) is 6.92 Å². The van der Waals surface area contributed by atoms with Gasteiger partial charge in [0.2, 0.25) is 0 Å². The Morgan fingerprint density at radius 2 is 2.31 bits per heavy atom. The van der Waals surface area contributed by atoms with Gasteiger partial charge in [0, 0.05) is 5.56 Å². The number of nitrogens with zero attached hydrogens (tertiary/aromatic N) is 1. The lowest BCUT2D eigenvalue weighted by molar-refractivity contribution is 0.101. The molecule has 0 saturated carbocycles. The van der Waals surface area contributed by atoms with Crippen LogP contribution in [0, 0.1) is 0 Å². The fraction of sp³-hybridized carbons (Fsp3) is 0.200. The Morgan fingerprint density at radius 1 is 1.54 bits per heavy atom. The van der Waals surface area contributed by atoms with E-state index in [1.807, 2.05) is 12.1 Å². The van der Waals surface area contributed by atoms with Gasteiger partial charge in [-0.25, -0.2) is 0 Å². The normalized spacial score (nSPS) is 10.3. The summed E-state index contributed by atoms with van der Waals surface area (Å²) in [5.41, 5.74) is 1.54. The van der Waals surface area contributed by atoms with E-state index in [1.54, 1.807) is 18.3 Å². The summed E-state index contributed by atoms with van der Waals surface area (Å²) in [7, 11) is 1.48. The van der Waals surface area contributed by atoms with E-state index in [2.05, 4.69) is 9.99 Å². The number of carbonyl (C=O) groups excluding carboxylic acids is 1. The molecular weight excluding hydrogens is 166 g/mol. The van der Waals surface area contributed by atoms with Gasteiger partial charge in [-0.15, -0.1) is 0 Å². The van der Waals surface area contributed by atoms with Crippen LogP contribution in [-0.4, -0.2) is 19.1 Å². The monoisotopic (exact) mass is 177 g/mol. The molecule has 3 nitrogen and oxygen atoms in total. The van der Waals surface area contributed by atoms with Gasteiger partial charge in [0.05, 0.1) is 6.21 Å². The second-order valence-electron chi connectivity index (χ2n) is 2.60. The molecule has 0 amide bonds. The van der Waals surface area contributed by atoms with E-state index < -0.39 is 0 Å². The maximum absolute atomic E-state index is 11.0. The second kappa shape index (κ2) is 4.40. The van der Waals surface area contributed by atoms with Crippen LogP contribution in [0.15, 0.2) is 29.4 Å². The minimum atomic E-state index is 0.0488. The molecule has 0 saturated heterocycles. The smallest absolute Gasteiger partial charge is 0.159 e. The van der Waals surface area contributed by atoms with Crippen molar-refractivity contribution in [2.75, 3.05) is 7.11 Å². The summed E-state index contributed by atoms with van der Waals surface area (Å²) in [6, 6.07) is 7.21. The number of carbonyl (C=O) groups is 1. The SMILES string of the molecule is CON=Cc1cccc(C(C)=O)c1. The molecule has 0 bridgehead atoms. The molecule has 1 rings (SSSR count). The number of rotatable bonds is 3. The summed E-state index contributed by atoms with van der Waals surface area (Å²) in [6.45, 7) is 1.53. The Bertz CT molecular complexity index is 331. The minimum Gasteiger partial charge on any atom is -0.399 e. The molecule has 0 atom stereocenters. The minimum absolute atomic E-state index is 0.0488. The maximum atomic E-state index is 11.0. The van der Waals surface area contributed by atoms with Gasteiger partial charge < -0.3 is 4.84 Å². The Labute approximate surface area is 77.0 Å². The van der Waals surface area contributed by atoms with Gasteiger partial charge in [0.25, 0.3) is 0 Å². The van der Waals surface area contributed by atoms with Crippen LogP contribution in [0.25, 0.3) is 0 Å².